The van der Waals surface area contributed by atoms with Crippen LogP contribution in [-0.2, 0) is 0 Å². The second-order valence-electron chi connectivity index (χ2n) is 43.2. The highest BCUT2D eigenvalue weighted by atomic mass is 32.2. The lowest BCUT2D eigenvalue weighted by molar-refractivity contribution is 0.278. The maximum absolute atomic E-state index is 7.97. The molecule has 0 saturated carbocycles. The Morgan fingerprint density at radius 3 is 0.662 bits per heavy atom. The summed E-state index contributed by atoms with van der Waals surface area (Å²) < 4.78 is 63.5. The average molecular weight is 2080 g/mol. The van der Waals surface area contributed by atoms with Crippen LogP contribution in [0, 0.1) is 47.3 Å². The number of nitrogens with zero attached hydrogens (tertiary/aromatic N) is 14. The Hall–Kier alpha value is -10.0. The second kappa shape index (κ2) is 49.6. The van der Waals surface area contributed by atoms with Crippen molar-refractivity contribution in [1.82, 2.24) is 59.5 Å². The minimum Gasteiger partial charge on any atom is -0.492 e. The summed E-state index contributed by atoms with van der Waals surface area (Å²) >= 11 is 6.89. The van der Waals surface area contributed by atoms with Crippen LogP contribution in [-0.4, -0.2) is 217 Å². The molecule has 0 atom stereocenters. The molecule has 148 heavy (non-hydrogen) atoms. The van der Waals surface area contributed by atoms with Crippen molar-refractivity contribution in [2.75, 3.05) is 177 Å². The van der Waals surface area contributed by atoms with Crippen LogP contribution in [0.3, 0.4) is 0 Å². The Bertz CT molecular complexity index is 6270. The van der Waals surface area contributed by atoms with Crippen molar-refractivity contribution in [1.29, 1.82) is 0 Å². The highest BCUT2D eigenvalue weighted by Crippen LogP contribution is 2.68. The van der Waals surface area contributed by atoms with Gasteiger partial charge in [-0.05, 0) is 200 Å². The lowest BCUT2D eigenvalue weighted by Gasteiger charge is -2.37. The van der Waals surface area contributed by atoms with Crippen LogP contribution < -0.4 is 57.5 Å². The highest BCUT2D eigenvalue weighted by Gasteiger charge is 2.46. The molecule has 28 heteroatoms. The normalized spacial score (nSPS) is 13.5. The monoisotopic (exact) mass is 2080 g/mol. The molecule has 0 aliphatic carbocycles. The van der Waals surface area contributed by atoms with Crippen LogP contribution in [0.2, 0.25) is 0 Å². The zero-order chi connectivity index (χ0) is 104. The predicted molar refractivity (Wildman–Crippen MR) is 617 cm³/mol. The third kappa shape index (κ3) is 23.3. The van der Waals surface area contributed by atoms with Gasteiger partial charge in [-0.25, -0.2) is 29.9 Å². The molecule has 2 N–H and O–H groups in total. The van der Waals surface area contributed by atoms with Gasteiger partial charge in [0.05, 0.1) is 139 Å². The fourth-order valence-electron chi connectivity index (χ4n) is 20.1. The molecule has 0 fully saturated rings. The molecule has 0 radical (unpaired) electrons. The van der Waals surface area contributed by atoms with E-state index in [4.69, 9.17) is 67.8 Å². The summed E-state index contributed by atoms with van der Waals surface area (Å²) in [4.78, 5) is 74.6. The standard InChI is InChI=1S/C120H162N16O8S4/c1-25-129(26-2)57-61-133-81-41-33-37-45-85(81)145-109-97(133)101(137-65-49-73(9)10)89-93(105(109)141-69-53-77(17)18)117-121-113(89)125-118-94-90(102(138-66-50-74(11)12)98-110(106(94)142-70-54-78(19)20)146-86-46-38-34-42-82(86)134(98)62-58-130(27-3)28-4)115(122-118)127-120-96-92(104(140-68-52-76(15)16)100-112(108(96)144-72-56-80(23)24)148-88-48-40-36-44-84(88)136(100)64-60-132(31-7)32-8)116(124-120)128-119-95-91(114(123-119)126-117)103(139-67-51-75(13)14)99-111(107(95)143-71-55-79(21)22)147-87-47-39-35-43-83(87)135(99)63-59-131(29-5)30-6/h33-48,73-80H,25-32,49-72H2,1-24H3,(H2,121,122,123,124,125,126,127,128). The molecule has 9 heterocycles. The summed E-state index contributed by atoms with van der Waals surface area (Å²) in [5, 5.41) is 2.65. The molecule has 0 saturated heterocycles. The number of fused-ring (bicyclic) bond motifs is 28. The van der Waals surface area contributed by atoms with Gasteiger partial charge in [0.1, 0.15) is 68.3 Å². The number of hydrogen-bond donors (Lipinski definition) is 2. The molecule has 8 bridgehead atoms. The molecular formula is C120H162N16O8S4. The first-order valence-electron chi connectivity index (χ1n) is 55.6. The van der Waals surface area contributed by atoms with E-state index >= 15 is 0 Å². The molecule has 3 aromatic heterocycles. The smallest absolute Gasteiger partial charge is 0.168 e. The van der Waals surface area contributed by atoms with Gasteiger partial charge in [0.25, 0.3) is 0 Å². The van der Waals surface area contributed by atoms with E-state index in [1.54, 1.807) is 47.0 Å². The quantitative estimate of drug-likeness (QED) is 0.0363. The van der Waals surface area contributed by atoms with Crippen LogP contribution in [0.25, 0.3) is 89.7 Å². The van der Waals surface area contributed by atoms with E-state index in [-0.39, 0.29) is 47.3 Å². The second-order valence-corrected chi connectivity index (χ2v) is 47.4. The zero-order valence-electron chi connectivity index (χ0n) is 92.6. The molecule has 8 aromatic carbocycles. The van der Waals surface area contributed by atoms with Gasteiger partial charge < -0.3 is 87.1 Å². The van der Waals surface area contributed by atoms with E-state index in [1.807, 2.05) is 0 Å². The van der Waals surface area contributed by atoms with E-state index in [0.717, 1.165) is 215 Å². The number of aromatic amines is 2. The summed E-state index contributed by atoms with van der Waals surface area (Å²) in [7, 11) is 0. The van der Waals surface area contributed by atoms with Crippen molar-refractivity contribution in [3.05, 3.63) is 97.1 Å². The third-order valence-electron chi connectivity index (χ3n) is 29.2. The Morgan fingerprint density at radius 2 is 0.432 bits per heavy atom. The summed E-state index contributed by atoms with van der Waals surface area (Å²) in [6.45, 7) is 69.9. The molecule has 6 aliphatic heterocycles. The van der Waals surface area contributed by atoms with Gasteiger partial charge in [0, 0.05) is 71.9 Å². The molecule has 24 nitrogen and oxygen atoms in total. The van der Waals surface area contributed by atoms with Crippen LogP contribution in [0.4, 0.5) is 45.5 Å². The maximum atomic E-state index is 7.97. The fraction of sp³-hybridized carbons (Fsp3) is 0.533. The first-order chi connectivity index (χ1) is 71.7. The highest BCUT2D eigenvalue weighted by molar-refractivity contribution is 8.00. The first-order valence-corrected chi connectivity index (χ1v) is 58.8. The van der Waals surface area contributed by atoms with Gasteiger partial charge >= 0.3 is 0 Å². The van der Waals surface area contributed by atoms with E-state index in [9.17, 15) is 0 Å². The average Bonchev–Trinajstić information content (AvgIpc) is 1.52. The number of rotatable bonds is 52. The number of nitrogens with one attached hydrogen (secondary N) is 2. The topological polar surface area (TPSA) is 209 Å². The van der Waals surface area contributed by atoms with Crippen molar-refractivity contribution in [2.45, 2.75) is 257 Å². The molecule has 0 spiro atoms. The van der Waals surface area contributed by atoms with Gasteiger partial charge in [-0.1, -0.05) is 262 Å². The van der Waals surface area contributed by atoms with Gasteiger partial charge in [0.15, 0.2) is 46.3 Å². The van der Waals surface area contributed by atoms with Crippen molar-refractivity contribution in [3.63, 3.8) is 0 Å². The number of hydrogen-bond acceptors (Lipinski definition) is 26. The fourth-order valence-corrected chi connectivity index (χ4v) is 24.9. The van der Waals surface area contributed by atoms with Gasteiger partial charge in [-0.15, -0.1) is 0 Å². The Balaban J connectivity index is 1.17. The van der Waals surface area contributed by atoms with Crippen molar-refractivity contribution in [2.24, 2.45) is 47.3 Å². The predicted octanol–water partition coefficient (Wildman–Crippen LogP) is 30.0. The summed E-state index contributed by atoms with van der Waals surface area (Å²) in [5.74, 6) is 8.62. The van der Waals surface area contributed by atoms with E-state index in [0.29, 0.717) is 215 Å². The molecule has 0 amide bonds. The molecule has 794 valence electrons. The minimum atomic E-state index is 0.272. The summed E-state index contributed by atoms with van der Waals surface area (Å²) in [6, 6.07) is 35.4. The lowest BCUT2D eigenvalue weighted by atomic mass is 10.0. The van der Waals surface area contributed by atoms with Crippen molar-refractivity contribution >= 4 is 137 Å². The van der Waals surface area contributed by atoms with E-state index in [2.05, 4.69) is 312 Å². The molecule has 0 unspecified atom stereocenters. The molecule has 17 rings (SSSR count). The number of aromatic nitrogens is 8. The van der Waals surface area contributed by atoms with Crippen molar-refractivity contribution in [3.8, 4) is 91.5 Å². The third-order valence-corrected chi connectivity index (χ3v) is 33.8. The van der Waals surface area contributed by atoms with E-state index < -0.39 is 0 Å². The van der Waals surface area contributed by atoms with Crippen molar-refractivity contribution < 1.29 is 37.9 Å². The first kappa shape index (κ1) is 109. The number of H-pyrrole nitrogens is 2. The van der Waals surface area contributed by atoms with Crippen LogP contribution in [0.5, 0.6) is 46.0 Å². The zero-order valence-corrected chi connectivity index (χ0v) is 95.9. The number of para-hydroxylation sites is 4. The number of likely N-dealkylation sites (N-methyl/N-ethyl adjacent to an activating group) is 4. The minimum absolute atomic E-state index is 0.272. The lowest BCUT2D eigenvalue weighted by Crippen LogP contribution is -2.34. The SMILES string of the molecule is CCN(CC)CCN1c2ccccc2Sc2c(OCCC(C)C)c3c(c(OCCC(C)C)c21)-c1nc-3nc2[nH]c(nc3nc(nc4[nH]c(n1)c1c(OCCC(C)C)c5c(c(OCCC(C)C)c41)N(CCN(CC)CC)c1ccccc1S5)-c1c(OCCC(C)C)c4c(c(OCCC(C)C)c1-3)N(CCN(CC)CC)c1ccccc1S4)c1c(OCCC(C)C)c3c(c(OCCC(C)C)c21)N(CCN(CC)CC)c1ccccc1S3. The number of anilines is 8. The van der Waals surface area contributed by atoms with Crippen LogP contribution in [0.15, 0.2) is 136 Å². The number of ether oxygens (including phenoxy) is 8. The van der Waals surface area contributed by atoms with E-state index in [1.165, 1.54) is 0 Å². The van der Waals surface area contributed by atoms with Gasteiger partial charge in [-0.2, -0.15) is 0 Å². The van der Waals surface area contributed by atoms with Gasteiger partial charge in [-0.3, -0.25) is 0 Å². The van der Waals surface area contributed by atoms with Crippen LogP contribution >= 0.6 is 47.0 Å². The maximum Gasteiger partial charge on any atom is 0.168 e. The molecular weight excluding hydrogens is 1920 g/mol. The number of benzene rings is 8. The largest absolute Gasteiger partial charge is 0.492 e. The van der Waals surface area contributed by atoms with Crippen LogP contribution in [0.1, 0.15) is 218 Å². The Labute approximate surface area is 897 Å². The van der Waals surface area contributed by atoms with Gasteiger partial charge in [0.2, 0.25) is 0 Å². The molecule has 6 aliphatic rings. The summed E-state index contributed by atoms with van der Waals surface area (Å²) in [5.41, 5.74) is 12.1. The Kier molecular flexibility index (Phi) is 36.6. The molecule has 11 aromatic rings. The summed E-state index contributed by atoms with van der Waals surface area (Å²) in [6.07, 6.45) is 6.00. The Morgan fingerprint density at radius 1 is 0.243 bits per heavy atom.